The minimum Gasteiger partial charge on any atom is -0.386 e. The van der Waals surface area contributed by atoms with Crippen molar-refractivity contribution in [3.63, 3.8) is 0 Å². The van der Waals surface area contributed by atoms with Crippen molar-refractivity contribution >= 4 is 27.6 Å². The topological polar surface area (TPSA) is 74.6 Å². The Bertz CT molecular complexity index is 1170. The van der Waals surface area contributed by atoms with Crippen molar-refractivity contribution in [3.8, 4) is 0 Å². The molecule has 0 saturated carbocycles. The van der Waals surface area contributed by atoms with E-state index in [1.807, 2.05) is 38.2 Å². The number of allylic oxidation sites excluding steroid dienone is 1. The average molecular weight is 422 g/mol. The maximum Gasteiger partial charge on any atom is 0.0960 e. The van der Waals surface area contributed by atoms with Crippen LogP contribution in [0.3, 0.4) is 0 Å². The Morgan fingerprint density at radius 1 is 1.19 bits per heavy atom. The van der Waals surface area contributed by atoms with E-state index >= 15 is 0 Å². The van der Waals surface area contributed by atoms with Crippen LogP contribution in [0.25, 0.3) is 27.6 Å². The van der Waals surface area contributed by atoms with Crippen LogP contribution in [-0.2, 0) is 16.9 Å². The van der Waals surface area contributed by atoms with Crippen molar-refractivity contribution < 1.29 is 9.84 Å². The number of hydrogen-bond acceptors (Lipinski definition) is 6. The first-order chi connectivity index (χ1) is 14.8. The first-order valence-corrected chi connectivity index (χ1v) is 11.0. The van der Waals surface area contributed by atoms with E-state index < -0.39 is 5.60 Å². The van der Waals surface area contributed by atoms with Crippen LogP contribution >= 0.6 is 0 Å². The van der Waals surface area contributed by atoms with Gasteiger partial charge < -0.3 is 19.8 Å². The van der Waals surface area contributed by atoms with E-state index in [2.05, 4.69) is 40.7 Å². The van der Waals surface area contributed by atoms with Gasteiger partial charge in [-0.15, -0.1) is 5.53 Å². The number of benzene rings is 1. The van der Waals surface area contributed by atoms with Gasteiger partial charge in [0.1, 0.15) is 0 Å². The van der Waals surface area contributed by atoms with Gasteiger partial charge >= 0.3 is 0 Å². The number of pyridine rings is 1. The average Bonchev–Trinajstić information content (AvgIpc) is 3.24. The van der Waals surface area contributed by atoms with Crippen molar-refractivity contribution in [1.29, 1.82) is 0 Å². The quantitative estimate of drug-likeness (QED) is 0.599. The van der Waals surface area contributed by atoms with Crippen LogP contribution in [0.15, 0.2) is 36.2 Å². The fraction of sp³-hybridized carbons (Fsp3) is 0.458. The number of nitrogens with one attached hydrogen (secondary N) is 2. The Labute approximate surface area is 182 Å². The van der Waals surface area contributed by atoms with Crippen LogP contribution in [0.4, 0.5) is 0 Å². The van der Waals surface area contributed by atoms with Crippen molar-refractivity contribution in [2.75, 3.05) is 20.3 Å². The summed E-state index contributed by atoms with van der Waals surface area (Å²) < 4.78 is 7.99. The normalized spacial score (nSPS) is 18.4. The summed E-state index contributed by atoms with van der Waals surface area (Å²) in [5, 5.41) is 13.7. The number of hydrazine groups is 2. The molecular weight excluding hydrogens is 390 g/mol. The first-order valence-electron chi connectivity index (χ1n) is 11.0. The molecule has 3 N–H and O–H groups in total. The maximum absolute atomic E-state index is 10.6. The molecule has 0 amide bonds. The predicted octanol–water partition coefficient (Wildman–Crippen LogP) is 3.49. The van der Waals surface area contributed by atoms with E-state index in [1.165, 1.54) is 0 Å². The molecular formula is C24H31N5O2. The number of ether oxygens (including phenoxy) is 1. The fourth-order valence-electron chi connectivity index (χ4n) is 4.79. The lowest BCUT2D eigenvalue weighted by Gasteiger charge is -2.24. The van der Waals surface area contributed by atoms with Crippen molar-refractivity contribution in [2.45, 2.75) is 45.8 Å². The summed E-state index contributed by atoms with van der Waals surface area (Å²) in [6, 6.07) is 8.50. The van der Waals surface area contributed by atoms with Gasteiger partial charge in [0.15, 0.2) is 0 Å². The largest absolute Gasteiger partial charge is 0.386 e. The van der Waals surface area contributed by atoms with E-state index in [0.717, 1.165) is 77.1 Å². The second-order valence-corrected chi connectivity index (χ2v) is 9.32. The van der Waals surface area contributed by atoms with Crippen LogP contribution in [0.2, 0.25) is 0 Å². The molecule has 1 aromatic carbocycles. The monoisotopic (exact) mass is 421 g/mol. The molecule has 7 heteroatoms. The van der Waals surface area contributed by atoms with Gasteiger partial charge in [0.2, 0.25) is 0 Å². The van der Waals surface area contributed by atoms with Crippen LogP contribution in [0.1, 0.15) is 44.7 Å². The van der Waals surface area contributed by atoms with Crippen molar-refractivity contribution in [3.05, 3.63) is 47.3 Å². The Morgan fingerprint density at radius 3 is 2.65 bits per heavy atom. The van der Waals surface area contributed by atoms with Gasteiger partial charge in [-0.2, -0.15) is 0 Å². The molecule has 0 radical (unpaired) electrons. The summed E-state index contributed by atoms with van der Waals surface area (Å²) in [5.74, 6) is 0.570. The molecule has 0 atom stereocenters. The number of rotatable bonds is 4. The number of aliphatic hydroxyl groups is 1. The third-order valence-electron chi connectivity index (χ3n) is 6.57. The van der Waals surface area contributed by atoms with Crippen LogP contribution < -0.4 is 11.0 Å². The summed E-state index contributed by atoms with van der Waals surface area (Å²) in [7, 11) is 2.00. The molecule has 0 aliphatic carbocycles. The highest BCUT2D eigenvalue weighted by Gasteiger charge is 2.24. The molecule has 31 heavy (non-hydrogen) atoms. The summed E-state index contributed by atoms with van der Waals surface area (Å²) in [6.45, 7) is 8.31. The zero-order chi connectivity index (χ0) is 21.8. The van der Waals surface area contributed by atoms with Crippen molar-refractivity contribution in [2.24, 2.45) is 5.92 Å². The lowest BCUT2D eigenvalue weighted by Crippen LogP contribution is -2.34. The predicted molar refractivity (Wildman–Crippen MR) is 123 cm³/mol. The summed E-state index contributed by atoms with van der Waals surface area (Å²) >= 11 is 0. The smallest absolute Gasteiger partial charge is 0.0960 e. The minimum atomic E-state index is -0.890. The Hall–Kier alpha value is -2.61. The molecule has 4 heterocycles. The molecule has 164 valence electrons. The van der Waals surface area contributed by atoms with Gasteiger partial charge in [0, 0.05) is 44.0 Å². The van der Waals surface area contributed by atoms with E-state index in [-0.39, 0.29) is 0 Å². The third kappa shape index (κ3) is 3.56. The van der Waals surface area contributed by atoms with E-state index in [4.69, 9.17) is 9.72 Å². The van der Waals surface area contributed by atoms with Crippen LogP contribution in [0.5, 0.6) is 0 Å². The molecule has 1 saturated heterocycles. The molecule has 0 unspecified atom stereocenters. The molecule has 5 rings (SSSR count). The van der Waals surface area contributed by atoms with E-state index in [1.54, 1.807) is 0 Å². The maximum atomic E-state index is 10.6. The Balaban J connectivity index is 1.71. The zero-order valence-corrected chi connectivity index (χ0v) is 18.7. The van der Waals surface area contributed by atoms with Gasteiger partial charge in [-0.3, -0.25) is 9.99 Å². The number of aromatic nitrogens is 2. The second kappa shape index (κ2) is 7.51. The molecule has 3 aromatic rings. The highest BCUT2D eigenvalue weighted by molar-refractivity contribution is 6.06. The van der Waals surface area contributed by atoms with Gasteiger partial charge in [-0.05, 0) is 57.2 Å². The molecule has 0 bridgehead atoms. The molecule has 2 aliphatic rings. The summed E-state index contributed by atoms with van der Waals surface area (Å²) in [4.78, 5) is 4.90. The first kappa shape index (κ1) is 20.3. The zero-order valence-electron chi connectivity index (χ0n) is 18.7. The SMILES string of the molecule is CC1=C(c2cnc3c4ccc(C(C)(C)O)cc4n(CC4CCOCC4)c3c2)N(C)NN1. The van der Waals surface area contributed by atoms with Gasteiger partial charge in [-0.25, -0.2) is 0 Å². The molecule has 2 aliphatic heterocycles. The van der Waals surface area contributed by atoms with Crippen LogP contribution in [0, 0.1) is 5.92 Å². The second-order valence-electron chi connectivity index (χ2n) is 9.32. The summed E-state index contributed by atoms with van der Waals surface area (Å²) in [5.41, 5.74) is 12.8. The van der Waals surface area contributed by atoms with Gasteiger partial charge in [0.05, 0.1) is 33.5 Å². The standard InChI is InChI=1S/C24H31N5O2/c1-15-23(28(4)27-26-15)17-11-21-22(25-13-17)19-6-5-18(24(2,3)30)12-20(19)29(21)14-16-7-9-31-10-8-16/h5-6,11-13,16,26-27,30H,7-10,14H2,1-4H3. The Kier molecular flexibility index (Phi) is 4.92. The molecule has 7 nitrogen and oxygen atoms in total. The summed E-state index contributed by atoms with van der Waals surface area (Å²) in [6.07, 6.45) is 4.09. The number of hydrogen-bond donors (Lipinski definition) is 3. The lowest BCUT2D eigenvalue weighted by atomic mass is 9.97. The Morgan fingerprint density at radius 2 is 1.97 bits per heavy atom. The van der Waals surface area contributed by atoms with E-state index in [0.29, 0.717) is 5.92 Å². The highest BCUT2D eigenvalue weighted by Crippen LogP contribution is 2.35. The van der Waals surface area contributed by atoms with Gasteiger partial charge in [0.25, 0.3) is 0 Å². The van der Waals surface area contributed by atoms with Gasteiger partial charge in [-0.1, -0.05) is 12.1 Å². The van der Waals surface area contributed by atoms with Crippen LogP contribution in [-0.4, -0.2) is 39.9 Å². The highest BCUT2D eigenvalue weighted by atomic mass is 16.5. The molecule has 0 spiro atoms. The van der Waals surface area contributed by atoms with E-state index in [9.17, 15) is 5.11 Å². The van der Waals surface area contributed by atoms with Crippen molar-refractivity contribution in [1.82, 2.24) is 25.5 Å². The number of fused-ring (bicyclic) bond motifs is 3. The molecule has 2 aromatic heterocycles. The number of nitrogens with zero attached hydrogens (tertiary/aromatic N) is 3. The third-order valence-corrected chi connectivity index (χ3v) is 6.57. The lowest BCUT2D eigenvalue weighted by molar-refractivity contribution is 0.0619. The fourth-order valence-corrected chi connectivity index (χ4v) is 4.79. The minimum absolute atomic E-state index is 0.570. The molecule has 1 fully saturated rings.